The Morgan fingerprint density at radius 3 is 2.20 bits per heavy atom. The van der Waals surface area contributed by atoms with Crippen LogP contribution in [-0.2, 0) is 6.54 Å². The molecule has 4 nitrogen and oxygen atoms in total. The lowest BCUT2D eigenvalue weighted by Crippen LogP contribution is -2.26. The Labute approximate surface area is 216 Å². The second-order valence-corrected chi connectivity index (χ2v) is 10.0. The Hall–Kier alpha value is -2.30. The van der Waals surface area contributed by atoms with Crippen molar-refractivity contribution in [1.29, 1.82) is 0 Å². The third kappa shape index (κ3) is 9.01. The van der Waals surface area contributed by atoms with Gasteiger partial charge in [-0.25, -0.2) is 0 Å². The SMILES string of the molecule is CCCCCCCN(CCCCCCC)Cc1cc(Nc2ccnc3cc(Cl)ccc23)ccc1O. The average Bonchev–Trinajstić information content (AvgIpc) is 2.85. The van der Waals surface area contributed by atoms with Gasteiger partial charge in [0.15, 0.2) is 0 Å². The van der Waals surface area contributed by atoms with Crippen LogP contribution in [0.1, 0.15) is 83.6 Å². The predicted octanol–water partition coefficient (Wildman–Crippen LogP) is 9.08. The van der Waals surface area contributed by atoms with E-state index in [4.69, 9.17) is 11.6 Å². The number of fused-ring (bicyclic) bond motifs is 1. The summed E-state index contributed by atoms with van der Waals surface area (Å²) in [5.41, 5.74) is 3.77. The molecule has 2 N–H and O–H groups in total. The van der Waals surface area contributed by atoms with Crippen molar-refractivity contribution in [1.82, 2.24) is 9.88 Å². The molecule has 190 valence electrons. The third-order valence-electron chi connectivity index (χ3n) is 6.61. The normalized spacial score (nSPS) is 11.4. The molecular weight excluding hydrogens is 454 g/mol. The summed E-state index contributed by atoms with van der Waals surface area (Å²) in [6.45, 7) is 7.47. The minimum atomic E-state index is 0.365. The van der Waals surface area contributed by atoms with Crippen LogP contribution in [0.3, 0.4) is 0 Å². The lowest BCUT2D eigenvalue weighted by molar-refractivity contribution is 0.249. The summed E-state index contributed by atoms with van der Waals surface area (Å²) >= 11 is 6.15. The average molecular weight is 496 g/mol. The van der Waals surface area contributed by atoms with Crippen LogP contribution >= 0.6 is 11.6 Å². The number of benzene rings is 2. The number of phenolic OH excluding ortho intramolecular Hbond substituents is 1. The van der Waals surface area contributed by atoms with Crippen LogP contribution in [-0.4, -0.2) is 28.1 Å². The van der Waals surface area contributed by atoms with Crippen molar-refractivity contribution in [3.05, 3.63) is 59.2 Å². The van der Waals surface area contributed by atoms with E-state index < -0.39 is 0 Å². The Balaban J connectivity index is 1.69. The zero-order chi connectivity index (χ0) is 24.9. The van der Waals surface area contributed by atoms with Crippen LogP contribution in [0.15, 0.2) is 48.7 Å². The number of pyridine rings is 1. The summed E-state index contributed by atoms with van der Waals surface area (Å²) in [7, 11) is 0. The van der Waals surface area contributed by atoms with E-state index >= 15 is 0 Å². The number of aromatic nitrogens is 1. The monoisotopic (exact) mass is 495 g/mol. The molecule has 0 saturated heterocycles. The van der Waals surface area contributed by atoms with Crippen molar-refractivity contribution in [2.75, 3.05) is 18.4 Å². The first-order valence-corrected chi connectivity index (χ1v) is 13.8. The topological polar surface area (TPSA) is 48.4 Å². The zero-order valence-corrected chi connectivity index (χ0v) is 22.3. The first-order chi connectivity index (χ1) is 17.1. The van der Waals surface area contributed by atoms with Gasteiger partial charge < -0.3 is 10.4 Å². The molecule has 3 aromatic rings. The van der Waals surface area contributed by atoms with Crippen LogP contribution in [0.2, 0.25) is 5.02 Å². The molecular formula is C30H42ClN3O. The summed E-state index contributed by atoms with van der Waals surface area (Å²) in [5, 5.41) is 15.9. The molecule has 0 radical (unpaired) electrons. The van der Waals surface area contributed by atoms with E-state index in [9.17, 15) is 5.11 Å². The van der Waals surface area contributed by atoms with Gasteiger partial charge in [0.1, 0.15) is 5.75 Å². The number of anilines is 2. The number of nitrogens with zero attached hydrogens (tertiary/aromatic N) is 2. The van der Waals surface area contributed by atoms with Crippen molar-refractivity contribution in [3.63, 3.8) is 0 Å². The molecule has 0 spiro atoms. The molecule has 5 heteroatoms. The third-order valence-corrected chi connectivity index (χ3v) is 6.85. The standard InChI is InChI=1S/C30H42ClN3O/c1-3-5-7-9-11-19-34(20-12-10-8-6-4-2)23-24-21-26(14-16-30(24)35)33-28-17-18-32-29-22-25(31)13-15-27(28)29/h13-18,21-22,35H,3-12,19-20,23H2,1-2H3,(H,32,33). The van der Waals surface area contributed by atoms with Gasteiger partial charge in [0.05, 0.1) is 5.52 Å². The van der Waals surface area contributed by atoms with Gasteiger partial charge in [-0.2, -0.15) is 0 Å². The van der Waals surface area contributed by atoms with Gasteiger partial charge in [-0.3, -0.25) is 9.88 Å². The van der Waals surface area contributed by atoms with Crippen molar-refractivity contribution >= 4 is 33.9 Å². The first-order valence-electron chi connectivity index (χ1n) is 13.5. The molecule has 0 unspecified atom stereocenters. The lowest BCUT2D eigenvalue weighted by Gasteiger charge is -2.23. The second-order valence-electron chi connectivity index (χ2n) is 9.59. The number of hydrogen-bond donors (Lipinski definition) is 2. The molecule has 35 heavy (non-hydrogen) atoms. The highest BCUT2D eigenvalue weighted by Crippen LogP contribution is 2.30. The van der Waals surface area contributed by atoms with E-state index in [-0.39, 0.29) is 0 Å². The Bertz CT molecular complexity index is 1030. The summed E-state index contributed by atoms with van der Waals surface area (Å²) in [6.07, 6.45) is 14.6. The smallest absolute Gasteiger partial charge is 0.120 e. The number of unbranched alkanes of at least 4 members (excludes halogenated alkanes) is 8. The molecule has 0 fully saturated rings. The van der Waals surface area contributed by atoms with E-state index in [0.717, 1.165) is 47.5 Å². The van der Waals surface area contributed by atoms with Gasteiger partial charge >= 0.3 is 0 Å². The quantitative estimate of drug-likeness (QED) is 0.153. The van der Waals surface area contributed by atoms with Crippen LogP contribution in [0.5, 0.6) is 5.75 Å². The van der Waals surface area contributed by atoms with Crippen molar-refractivity contribution < 1.29 is 5.11 Å². The summed E-state index contributed by atoms with van der Waals surface area (Å²) < 4.78 is 0. The number of phenols is 1. The molecule has 1 aromatic heterocycles. The fraction of sp³-hybridized carbons (Fsp3) is 0.500. The van der Waals surface area contributed by atoms with Crippen LogP contribution in [0.25, 0.3) is 10.9 Å². The highest BCUT2D eigenvalue weighted by atomic mass is 35.5. The van der Waals surface area contributed by atoms with Gasteiger partial charge in [0, 0.05) is 40.1 Å². The summed E-state index contributed by atoms with van der Waals surface area (Å²) in [6, 6.07) is 13.5. The van der Waals surface area contributed by atoms with Gasteiger partial charge in [-0.15, -0.1) is 0 Å². The molecule has 0 amide bonds. The number of rotatable bonds is 16. The molecule has 0 aliphatic rings. The highest BCUT2D eigenvalue weighted by molar-refractivity contribution is 6.31. The maximum Gasteiger partial charge on any atom is 0.120 e. The fourth-order valence-corrected chi connectivity index (χ4v) is 4.73. The van der Waals surface area contributed by atoms with Crippen molar-refractivity contribution in [3.8, 4) is 5.75 Å². The number of hydrogen-bond acceptors (Lipinski definition) is 4. The largest absolute Gasteiger partial charge is 0.508 e. The molecule has 0 aliphatic carbocycles. The van der Waals surface area contributed by atoms with Crippen molar-refractivity contribution in [2.24, 2.45) is 0 Å². The zero-order valence-electron chi connectivity index (χ0n) is 21.5. The maximum atomic E-state index is 10.7. The molecule has 1 heterocycles. The summed E-state index contributed by atoms with van der Waals surface area (Å²) in [4.78, 5) is 6.97. The Morgan fingerprint density at radius 2 is 1.51 bits per heavy atom. The highest BCUT2D eigenvalue weighted by Gasteiger charge is 2.11. The van der Waals surface area contributed by atoms with Gasteiger partial charge in [-0.1, -0.05) is 76.8 Å². The number of halogens is 1. The van der Waals surface area contributed by atoms with E-state index in [1.807, 2.05) is 30.3 Å². The van der Waals surface area contributed by atoms with Gasteiger partial charge in [-0.05, 0) is 68.4 Å². The van der Waals surface area contributed by atoms with E-state index in [1.165, 1.54) is 64.2 Å². The van der Waals surface area contributed by atoms with E-state index in [0.29, 0.717) is 10.8 Å². The molecule has 3 rings (SSSR count). The van der Waals surface area contributed by atoms with Crippen molar-refractivity contribution in [2.45, 2.75) is 84.6 Å². The second kappa shape index (κ2) is 15.0. The number of nitrogens with one attached hydrogen (secondary N) is 1. The summed E-state index contributed by atoms with van der Waals surface area (Å²) in [5.74, 6) is 0.365. The van der Waals surface area contributed by atoms with E-state index in [1.54, 1.807) is 12.3 Å². The molecule has 0 saturated carbocycles. The van der Waals surface area contributed by atoms with Gasteiger partial charge in [0.25, 0.3) is 0 Å². The van der Waals surface area contributed by atoms with Crippen LogP contribution in [0, 0.1) is 0 Å². The minimum absolute atomic E-state index is 0.365. The molecule has 0 atom stereocenters. The molecule has 0 bridgehead atoms. The first kappa shape index (κ1) is 27.3. The van der Waals surface area contributed by atoms with Gasteiger partial charge in [0.2, 0.25) is 0 Å². The molecule has 0 aliphatic heterocycles. The Kier molecular flexibility index (Phi) is 11.7. The van der Waals surface area contributed by atoms with Crippen LogP contribution < -0.4 is 5.32 Å². The minimum Gasteiger partial charge on any atom is -0.508 e. The van der Waals surface area contributed by atoms with Crippen LogP contribution in [0.4, 0.5) is 11.4 Å². The lowest BCUT2D eigenvalue weighted by atomic mass is 10.1. The number of aromatic hydroxyl groups is 1. The Morgan fingerprint density at radius 1 is 0.829 bits per heavy atom. The van der Waals surface area contributed by atoms with E-state index in [2.05, 4.69) is 35.1 Å². The molecule has 2 aromatic carbocycles. The fourth-order valence-electron chi connectivity index (χ4n) is 4.56. The maximum absolute atomic E-state index is 10.7. The predicted molar refractivity (Wildman–Crippen MR) is 151 cm³/mol.